The van der Waals surface area contributed by atoms with E-state index in [9.17, 15) is 4.79 Å². The molecule has 2 aromatic rings. The number of hydrogen-bond donors (Lipinski definition) is 3. The molecule has 2 aromatic carbocycles. The minimum Gasteiger partial charge on any atom is -0.357 e. The minimum atomic E-state index is -0.636. The molecule has 0 saturated heterocycles. The molecule has 33 heavy (non-hydrogen) atoms. The van der Waals surface area contributed by atoms with Gasteiger partial charge in [-0.15, -0.1) is 0 Å². The van der Waals surface area contributed by atoms with Crippen molar-refractivity contribution in [2.24, 2.45) is 11.8 Å². The van der Waals surface area contributed by atoms with Gasteiger partial charge in [-0.1, -0.05) is 68.9 Å². The molecule has 2 aliphatic carbocycles. The van der Waals surface area contributed by atoms with Crippen molar-refractivity contribution in [2.45, 2.75) is 89.8 Å². The first-order valence-electron chi connectivity index (χ1n) is 13.1. The van der Waals surface area contributed by atoms with E-state index in [0.29, 0.717) is 12.0 Å². The Bertz CT molecular complexity index is 963. The number of fused-ring (bicyclic) bond motifs is 1. The first-order valence-corrected chi connectivity index (χ1v) is 13.1. The average Bonchev–Trinajstić information content (AvgIpc) is 3.22. The van der Waals surface area contributed by atoms with Crippen LogP contribution in [-0.2, 0) is 10.5 Å². The first-order chi connectivity index (χ1) is 16.1. The minimum absolute atomic E-state index is 0.172. The van der Waals surface area contributed by atoms with Crippen molar-refractivity contribution in [2.75, 3.05) is 10.6 Å². The summed E-state index contributed by atoms with van der Waals surface area (Å²) in [7, 11) is 0. The number of anilines is 2. The fourth-order valence-corrected chi connectivity index (χ4v) is 6.39. The predicted molar refractivity (Wildman–Crippen MR) is 136 cm³/mol. The normalized spacial score (nSPS) is 21.5. The highest BCUT2D eigenvalue weighted by Gasteiger charge is 2.52. The van der Waals surface area contributed by atoms with Gasteiger partial charge in [0, 0.05) is 6.04 Å². The third-order valence-corrected chi connectivity index (χ3v) is 8.37. The molecule has 1 amide bonds. The quantitative estimate of drug-likeness (QED) is 0.483. The van der Waals surface area contributed by atoms with Crippen LogP contribution in [0.15, 0.2) is 42.5 Å². The molecule has 0 bridgehead atoms. The number of carbonyl (C=O) groups excluding carboxylic acids is 1. The molecule has 1 atom stereocenters. The van der Waals surface area contributed by atoms with Crippen LogP contribution >= 0.6 is 0 Å². The van der Waals surface area contributed by atoms with Crippen molar-refractivity contribution < 1.29 is 4.79 Å². The SMILES string of the molecule is Cc1ccc(C2(C(C(=O)NC3CCCCC3)C3CCCCC3)Nc3ccccc3N2)cc1C. The lowest BCUT2D eigenvalue weighted by Crippen LogP contribution is -2.56. The largest absolute Gasteiger partial charge is 0.357 e. The summed E-state index contributed by atoms with van der Waals surface area (Å²) in [5.74, 6) is 0.410. The highest BCUT2D eigenvalue weighted by atomic mass is 16.2. The second-order valence-corrected chi connectivity index (χ2v) is 10.6. The van der Waals surface area contributed by atoms with E-state index in [2.05, 4.69) is 72.3 Å². The zero-order chi connectivity index (χ0) is 22.8. The van der Waals surface area contributed by atoms with E-state index in [1.807, 2.05) is 0 Å². The van der Waals surface area contributed by atoms with Gasteiger partial charge in [0.1, 0.15) is 5.66 Å². The second kappa shape index (κ2) is 9.40. The van der Waals surface area contributed by atoms with Crippen LogP contribution in [-0.4, -0.2) is 11.9 Å². The Hall–Kier alpha value is -2.49. The third-order valence-electron chi connectivity index (χ3n) is 8.37. The number of benzene rings is 2. The van der Waals surface area contributed by atoms with Crippen LogP contribution < -0.4 is 16.0 Å². The monoisotopic (exact) mass is 445 g/mol. The Morgan fingerprint density at radius 1 is 0.848 bits per heavy atom. The van der Waals surface area contributed by atoms with E-state index in [1.165, 1.54) is 49.7 Å². The molecule has 2 fully saturated rings. The van der Waals surface area contributed by atoms with Gasteiger partial charge in [-0.3, -0.25) is 4.79 Å². The molecule has 0 aromatic heterocycles. The fourth-order valence-electron chi connectivity index (χ4n) is 6.39. The summed E-state index contributed by atoms with van der Waals surface area (Å²) >= 11 is 0. The zero-order valence-electron chi connectivity index (χ0n) is 20.3. The van der Waals surface area contributed by atoms with Crippen molar-refractivity contribution in [3.63, 3.8) is 0 Å². The van der Waals surface area contributed by atoms with E-state index >= 15 is 0 Å². The van der Waals surface area contributed by atoms with Crippen LogP contribution in [0.1, 0.15) is 80.9 Å². The second-order valence-electron chi connectivity index (χ2n) is 10.6. The van der Waals surface area contributed by atoms with Crippen LogP contribution in [0, 0.1) is 25.7 Å². The summed E-state index contributed by atoms with van der Waals surface area (Å²) in [6.45, 7) is 4.33. The maximum Gasteiger partial charge on any atom is 0.228 e. The highest BCUT2D eigenvalue weighted by molar-refractivity contribution is 5.86. The molecule has 1 heterocycles. The summed E-state index contributed by atoms with van der Waals surface area (Å²) in [6, 6.07) is 15.4. The molecule has 1 unspecified atom stereocenters. The topological polar surface area (TPSA) is 53.2 Å². The van der Waals surface area contributed by atoms with Gasteiger partial charge in [0.25, 0.3) is 0 Å². The van der Waals surface area contributed by atoms with E-state index in [1.54, 1.807) is 0 Å². The van der Waals surface area contributed by atoms with E-state index in [0.717, 1.165) is 42.6 Å². The fraction of sp³-hybridized carbons (Fsp3) is 0.552. The van der Waals surface area contributed by atoms with E-state index in [4.69, 9.17) is 0 Å². The average molecular weight is 446 g/mol. The summed E-state index contributed by atoms with van der Waals surface area (Å²) < 4.78 is 0. The lowest BCUT2D eigenvalue weighted by atomic mass is 9.70. The zero-order valence-corrected chi connectivity index (χ0v) is 20.3. The smallest absolute Gasteiger partial charge is 0.228 e. The van der Waals surface area contributed by atoms with Crippen molar-refractivity contribution in [1.82, 2.24) is 5.32 Å². The lowest BCUT2D eigenvalue weighted by molar-refractivity contribution is -0.130. The Labute approximate surface area is 198 Å². The molecule has 3 aliphatic rings. The summed E-state index contributed by atoms with van der Waals surface area (Å²) in [5, 5.41) is 11.2. The van der Waals surface area contributed by atoms with Crippen LogP contribution in [0.25, 0.3) is 0 Å². The van der Waals surface area contributed by atoms with Crippen molar-refractivity contribution >= 4 is 17.3 Å². The molecule has 0 spiro atoms. The Balaban J connectivity index is 1.58. The number of nitrogens with one attached hydrogen (secondary N) is 3. The van der Waals surface area contributed by atoms with Crippen LogP contribution in [0.4, 0.5) is 11.4 Å². The van der Waals surface area contributed by atoms with Gasteiger partial charge < -0.3 is 16.0 Å². The van der Waals surface area contributed by atoms with E-state index < -0.39 is 5.66 Å². The van der Waals surface area contributed by atoms with Crippen molar-refractivity contribution in [3.05, 3.63) is 59.2 Å². The molecule has 1 aliphatic heterocycles. The Morgan fingerprint density at radius 2 is 1.45 bits per heavy atom. The highest BCUT2D eigenvalue weighted by Crippen LogP contribution is 2.49. The Kier molecular flexibility index (Phi) is 6.36. The molecule has 4 heteroatoms. The molecule has 176 valence electrons. The third kappa shape index (κ3) is 4.37. The maximum atomic E-state index is 14.2. The summed E-state index contributed by atoms with van der Waals surface area (Å²) in [6.07, 6.45) is 11.9. The molecule has 5 rings (SSSR count). The first kappa shape index (κ1) is 22.3. The number of hydrogen-bond acceptors (Lipinski definition) is 3. The number of para-hydroxylation sites is 2. The van der Waals surface area contributed by atoms with E-state index in [-0.39, 0.29) is 11.8 Å². The predicted octanol–water partition coefficient (Wildman–Crippen LogP) is 6.64. The number of aryl methyl sites for hydroxylation is 2. The van der Waals surface area contributed by atoms with Crippen molar-refractivity contribution in [3.8, 4) is 0 Å². The number of carbonyl (C=O) groups is 1. The summed E-state index contributed by atoms with van der Waals surface area (Å²) in [4.78, 5) is 14.2. The lowest BCUT2D eigenvalue weighted by Gasteiger charge is -2.44. The van der Waals surface area contributed by atoms with Gasteiger partial charge in [-0.2, -0.15) is 0 Å². The van der Waals surface area contributed by atoms with Gasteiger partial charge in [0.2, 0.25) is 5.91 Å². The van der Waals surface area contributed by atoms with Gasteiger partial charge in [-0.25, -0.2) is 0 Å². The molecule has 2 saturated carbocycles. The van der Waals surface area contributed by atoms with Gasteiger partial charge in [-0.05, 0) is 74.3 Å². The van der Waals surface area contributed by atoms with Crippen LogP contribution in [0.3, 0.4) is 0 Å². The molecule has 4 nitrogen and oxygen atoms in total. The number of rotatable bonds is 5. The number of amides is 1. The summed E-state index contributed by atoms with van der Waals surface area (Å²) in [5.41, 5.74) is 5.25. The standard InChI is InChI=1S/C29H39N3O/c1-20-17-18-23(19-21(20)2)29(31-25-15-9-10-16-26(25)32-29)27(22-11-5-3-6-12-22)28(33)30-24-13-7-4-8-14-24/h9-10,15-19,22,24,27,31-32H,3-8,11-14H2,1-2H3,(H,30,33). The molecule has 3 N–H and O–H groups in total. The van der Waals surface area contributed by atoms with Crippen molar-refractivity contribution in [1.29, 1.82) is 0 Å². The van der Waals surface area contributed by atoms with Gasteiger partial charge in [0.05, 0.1) is 17.3 Å². The van der Waals surface area contributed by atoms with Crippen LogP contribution in [0.5, 0.6) is 0 Å². The Morgan fingerprint density at radius 3 is 2.06 bits per heavy atom. The van der Waals surface area contributed by atoms with Gasteiger partial charge in [0.15, 0.2) is 0 Å². The molecular formula is C29H39N3O. The van der Waals surface area contributed by atoms with Gasteiger partial charge >= 0.3 is 0 Å². The maximum absolute atomic E-state index is 14.2. The van der Waals surface area contributed by atoms with Crippen LogP contribution in [0.2, 0.25) is 0 Å². The molecular weight excluding hydrogens is 406 g/mol. The molecule has 0 radical (unpaired) electrons.